The van der Waals surface area contributed by atoms with E-state index in [0.29, 0.717) is 17.3 Å². The van der Waals surface area contributed by atoms with Crippen LogP contribution in [0.1, 0.15) is 0 Å². The van der Waals surface area contributed by atoms with Crippen LogP contribution >= 0.6 is 0 Å². The molecule has 5 nitrogen and oxygen atoms in total. The number of rotatable bonds is 4. The van der Waals surface area contributed by atoms with E-state index in [1.165, 1.54) is 24.5 Å². The van der Waals surface area contributed by atoms with E-state index >= 15 is 0 Å². The fourth-order valence-electron chi connectivity index (χ4n) is 1.25. The molecule has 0 radical (unpaired) electrons. The van der Waals surface area contributed by atoms with Crippen molar-refractivity contribution in [1.82, 2.24) is 9.97 Å². The second-order valence-corrected chi connectivity index (χ2v) is 3.37. The summed E-state index contributed by atoms with van der Waals surface area (Å²) in [4.78, 5) is 7.89. The summed E-state index contributed by atoms with van der Waals surface area (Å²) in [6.07, 6.45) is 2.92. The summed E-state index contributed by atoms with van der Waals surface area (Å²) in [6.45, 7) is -2.83. The van der Waals surface area contributed by atoms with Gasteiger partial charge in [0.25, 0.3) is 0 Å². The lowest BCUT2D eigenvalue weighted by atomic mass is 10.3. The van der Waals surface area contributed by atoms with Gasteiger partial charge in [0.15, 0.2) is 0 Å². The number of nitrogens with one attached hydrogen (secondary N) is 1. The number of hydrogen-bond donors (Lipinski definition) is 2. The highest BCUT2D eigenvalue weighted by molar-refractivity contribution is 5.54. The molecule has 1 aromatic heterocycles. The van der Waals surface area contributed by atoms with Crippen molar-refractivity contribution in [2.45, 2.75) is 6.61 Å². The first kappa shape index (κ1) is 12.0. The van der Waals surface area contributed by atoms with Crippen LogP contribution in [0.4, 0.5) is 26.1 Å². The minimum absolute atomic E-state index is 0.0915. The SMILES string of the molecule is Nc1cnc(Nc2ccc(OC(F)F)cc2)nc1. The number of halogens is 2. The van der Waals surface area contributed by atoms with E-state index in [9.17, 15) is 8.78 Å². The zero-order chi connectivity index (χ0) is 13.0. The van der Waals surface area contributed by atoms with Gasteiger partial charge in [0, 0.05) is 5.69 Å². The Bertz CT molecular complexity index is 501. The standard InChI is InChI=1S/C11H10F2N4O/c12-10(13)18-9-3-1-8(2-4-9)17-11-15-5-7(14)6-16-11/h1-6,10H,14H2,(H,15,16,17). The van der Waals surface area contributed by atoms with Crippen molar-refractivity contribution in [3.63, 3.8) is 0 Å². The highest BCUT2D eigenvalue weighted by Crippen LogP contribution is 2.19. The van der Waals surface area contributed by atoms with Gasteiger partial charge in [-0.2, -0.15) is 8.78 Å². The van der Waals surface area contributed by atoms with E-state index in [4.69, 9.17) is 5.73 Å². The number of anilines is 3. The smallest absolute Gasteiger partial charge is 0.387 e. The first-order valence-corrected chi connectivity index (χ1v) is 5.03. The van der Waals surface area contributed by atoms with E-state index in [0.717, 1.165) is 0 Å². The molecule has 2 rings (SSSR count). The van der Waals surface area contributed by atoms with Gasteiger partial charge in [0.1, 0.15) is 5.75 Å². The Labute approximate surface area is 102 Å². The van der Waals surface area contributed by atoms with Crippen molar-refractivity contribution < 1.29 is 13.5 Å². The van der Waals surface area contributed by atoms with Crippen LogP contribution in [0.15, 0.2) is 36.7 Å². The third kappa shape index (κ3) is 3.27. The van der Waals surface area contributed by atoms with E-state index < -0.39 is 6.61 Å². The Morgan fingerprint density at radius 1 is 1.11 bits per heavy atom. The van der Waals surface area contributed by atoms with Gasteiger partial charge in [-0.3, -0.25) is 0 Å². The lowest BCUT2D eigenvalue weighted by Crippen LogP contribution is -2.02. The van der Waals surface area contributed by atoms with E-state index in [1.54, 1.807) is 12.1 Å². The Morgan fingerprint density at radius 2 is 1.72 bits per heavy atom. The van der Waals surface area contributed by atoms with Crippen LogP contribution in [0.2, 0.25) is 0 Å². The molecule has 0 aliphatic rings. The number of nitrogen functional groups attached to an aromatic ring is 1. The molecular weight excluding hydrogens is 242 g/mol. The van der Waals surface area contributed by atoms with Gasteiger partial charge in [0.2, 0.25) is 5.95 Å². The van der Waals surface area contributed by atoms with Gasteiger partial charge in [-0.15, -0.1) is 0 Å². The van der Waals surface area contributed by atoms with Crippen LogP contribution < -0.4 is 15.8 Å². The molecule has 0 atom stereocenters. The van der Waals surface area contributed by atoms with Crippen LogP contribution in [0.25, 0.3) is 0 Å². The Kier molecular flexibility index (Phi) is 3.52. The molecule has 0 saturated heterocycles. The van der Waals surface area contributed by atoms with Gasteiger partial charge < -0.3 is 15.8 Å². The molecule has 0 unspecified atom stereocenters. The van der Waals surface area contributed by atoms with Crippen molar-refractivity contribution in [3.8, 4) is 5.75 Å². The van der Waals surface area contributed by atoms with E-state index in [-0.39, 0.29) is 5.75 Å². The highest BCUT2D eigenvalue weighted by Gasteiger charge is 2.04. The second-order valence-electron chi connectivity index (χ2n) is 3.37. The van der Waals surface area contributed by atoms with Crippen LogP contribution in [-0.4, -0.2) is 16.6 Å². The Morgan fingerprint density at radius 3 is 2.28 bits per heavy atom. The van der Waals surface area contributed by atoms with Crippen LogP contribution in [0, 0.1) is 0 Å². The fraction of sp³-hybridized carbons (Fsp3) is 0.0909. The lowest BCUT2D eigenvalue weighted by Gasteiger charge is -2.07. The summed E-state index contributed by atoms with van der Waals surface area (Å²) in [7, 11) is 0. The van der Waals surface area contributed by atoms with Crippen molar-refractivity contribution in [3.05, 3.63) is 36.7 Å². The predicted molar refractivity (Wildman–Crippen MR) is 62.8 cm³/mol. The molecule has 1 heterocycles. The zero-order valence-electron chi connectivity index (χ0n) is 9.18. The van der Waals surface area contributed by atoms with Crippen molar-refractivity contribution in [2.75, 3.05) is 11.1 Å². The summed E-state index contributed by atoms with van der Waals surface area (Å²) in [5.74, 6) is 0.459. The van der Waals surface area contributed by atoms with Crippen molar-refractivity contribution >= 4 is 17.3 Å². The first-order valence-electron chi connectivity index (χ1n) is 5.03. The van der Waals surface area contributed by atoms with Gasteiger partial charge in [-0.1, -0.05) is 0 Å². The molecule has 0 bridgehead atoms. The quantitative estimate of drug-likeness (QED) is 0.874. The highest BCUT2D eigenvalue weighted by atomic mass is 19.3. The number of nitrogens with two attached hydrogens (primary N) is 1. The number of alkyl halides is 2. The van der Waals surface area contributed by atoms with Gasteiger partial charge >= 0.3 is 6.61 Å². The average Bonchev–Trinajstić information content (AvgIpc) is 2.34. The van der Waals surface area contributed by atoms with Gasteiger partial charge in [-0.25, -0.2) is 9.97 Å². The molecule has 3 N–H and O–H groups in total. The maximum absolute atomic E-state index is 11.9. The van der Waals surface area contributed by atoms with Crippen LogP contribution in [0.5, 0.6) is 5.75 Å². The number of nitrogens with zero attached hydrogens (tertiary/aromatic N) is 2. The molecular formula is C11H10F2N4O. The second kappa shape index (κ2) is 5.26. The maximum Gasteiger partial charge on any atom is 0.387 e. The van der Waals surface area contributed by atoms with Crippen molar-refractivity contribution in [1.29, 1.82) is 0 Å². The minimum atomic E-state index is -2.83. The van der Waals surface area contributed by atoms with E-state index in [2.05, 4.69) is 20.0 Å². The van der Waals surface area contributed by atoms with Gasteiger partial charge in [0.05, 0.1) is 18.1 Å². The summed E-state index contributed by atoms with van der Waals surface area (Å²) >= 11 is 0. The molecule has 0 amide bonds. The normalized spacial score (nSPS) is 10.4. The van der Waals surface area contributed by atoms with E-state index in [1.807, 2.05) is 0 Å². The molecule has 18 heavy (non-hydrogen) atoms. The molecule has 0 saturated carbocycles. The molecule has 0 fully saturated rings. The number of aromatic nitrogens is 2. The molecule has 7 heteroatoms. The third-order valence-electron chi connectivity index (χ3n) is 2.01. The molecule has 0 aliphatic heterocycles. The van der Waals surface area contributed by atoms with Crippen molar-refractivity contribution in [2.24, 2.45) is 0 Å². The topological polar surface area (TPSA) is 73.1 Å². The Balaban J connectivity index is 2.04. The molecule has 1 aromatic carbocycles. The first-order chi connectivity index (χ1) is 8.63. The largest absolute Gasteiger partial charge is 0.435 e. The van der Waals surface area contributed by atoms with Crippen LogP contribution in [-0.2, 0) is 0 Å². The zero-order valence-corrected chi connectivity index (χ0v) is 9.18. The molecule has 0 aliphatic carbocycles. The molecule has 0 spiro atoms. The average molecular weight is 252 g/mol. The molecule has 2 aromatic rings. The lowest BCUT2D eigenvalue weighted by molar-refractivity contribution is -0.0498. The summed E-state index contributed by atoms with van der Waals surface area (Å²) in [6, 6.07) is 6.01. The molecule has 94 valence electrons. The van der Waals surface area contributed by atoms with Gasteiger partial charge in [-0.05, 0) is 24.3 Å². The van der Waals surface area contributed by atoms with Crippen LogP contribution in [0.3, 0.4) is 0 Å². The summed E-state index contributed by atoms with van der Waals surface area (Å²) in [5.41, 5.74) is 6.56. The predicted octanol–water partition coefficient (Wildman–Crippen LogP) is 2.40. The maximum atomic E-state index is 11.9. The number of benzene rings is 1. The number of ether oxygens (including phenoxy) is 1. The minimum Gasteiger partial charge on any atom is -0.435 e. The number of hydrogen-bond acceptors (Lipinski definition) is 5. The Hall–Kier alpha value is -2.44. The monoisotopic (exact) mass is 252 g/mol. The summed E-state index contributed by atoms with van der Waals surface area (Å²) in [5, 5.41) is 2.89. The third-order valence-corrected chi connectivity index (χ3v) is 2.01. The fourth-order valence-corrected chi connectivity index (χ4v) is 1.25. The summed E-state index contributed by atoms with van der Waals surface area (Å²) < 4.78 is 28.1.